The van der Waals surface area contributed by atoms with Gasteiger partial charge >= 0.3 is 0 Å². The first-order valence-electron chi connectivity index (χ1n) is 6.72. The molecule has 3 heteroatoms. The van der Waals surface area contributed by atoms with E-state index in [1.54, 1.807) is 0 Å². The van der Waals surface area contributed by atoms with Crippen molar-refractivity contribution in [2.75, 3.05) is 13.1 Å². The van der Waals surface area contributed by atoms with Crippen LogP contribution in [-0.2, 0) is 6.54 Å². The Morgan fingerprint density at radius 1 is 1.22 bits per heavy atom. The summed E-state index contributed by atoms with van der Waals surface area (Å²) in [5.74, 6) is 1.48. The van der Waals surface area contributed by atoms with Crippen molar-refractivity contribution in [1.29, 1.82) is 0 Å². The highest BCUT2D eigenvalue weighted by Gasteiger charge is 2.23. The van der Waals surface area contributed by atoms with Gasteiger partial charge in [-0.05, 0) is 36.0 Å². The third kappa shape index (κ3) is 3.70. The van der Waals surface area contributed by atoms with Crippen LogP contribution in [0.1, 0.15) is 25.8 Å². The molecule has 1 aromatic carbocycles. The maximum absolute atomic E-state index is 5.49. The van der Waals surface area contributed by atoms with Gasteiger partial charge in [0.05, 0.1) is 0 Å². The first kappa shape index (κ1) is 13.3. The first-order valence-corrected chi connectivity index (χ1v) is 7.12. The minimum Gasteiger partial charge on any atom is -0.358 e. The van der Waals surface area contributed by atoms with E-state index in [1.165, 1.54) is 12.0 Å². The number of piperidine rings is 1. The zero-order valence-electron chi connectivity index (χ0n) is 11.2. The second-order valence-corrected chi connectivity index (χ2v) is 5.88. The van der Waals surface area contributed by atoms with E-state index in [0.717, 1.165) is 36.6 Å². The van der Waals surface area contributed by atoms with Gasteiger partial charge in [0.1, 0.15) is 0 Å². The molecule has 2 nitrogen and oxygen atoms in total. The number of hydrogen-bond donors (Lipinski definition) is 1. The number of benzene rings is 1. The van der Waals surface area contributed by atoms with Gasteiger partial charge in [-0.25, -0.2) is 0 Å². The van der Waals surface area contributed by atoms with E-state index >= 15 is 0 Å². The quantitative estimate of drug-likeness (QED) is 0.825. The monoisotopic (exact) mass is 262 g/mol. The summed E-state index contributed by atoms with van der Waals surface area (Å²) in [6, 6.07) is 10.4. The summed E-state index contributed by atoms with van der Waals surface area (Å²) in [5.41, 5.74) is 1.28. The molecule has 1 saturated heterocycles. The second-order valence-electron chi connectivity index (χ2n) is 5.50. The topological polar surface area (TPSA) is 15.3 Å². The van der Waals surface area contributed by atoms with Crippen LogP contribution >= 0.6 is 12.2 Å². The van der Waals surface area contributed by atoms with Crippen LogP contribution in [0.5, 0.6) is 0 Å². The molecule has 1 aromatic rings. The molecule has 0 aliphatic carbocycles. The molecule has 1 heterocycles. The molecular formula is C15H22N2S. The molecule has 1 aliphatic heterocycles. The molecular weight excluding hydrogens is 240 g/mol. The van der Waals surface area contributed by atoms with Gasteiger partial charge in [0.15, 0.2) is 5.11 Å². The van der Waals surface area contributed by atoms with E-state index < -0.39 is 0 Å². The molecule has 0 aromatic heterocycles. The van der Waals surface area contributed by atoms with Gasteiger partial charge < -0.3 is 10.2 Å². The van der Waals surface area contributed by atoms with Gasteiger partial charge in [0.2, 0.25) is 0 Å². The highest BCUT2D eigenvalue weighted by molar-refractivity contribution is 7.80. The van der Waals surface area contributed by atoms with Crippen molar-refractivity contribution < 1.29 is 0 Å². The van der Waals surface area contributed by atoms with Gasteiger partial charge in [-0.15, -0.1) is 0 Å². The summed E-state index contributed by atoms with van der Waals surface area (Å²) in [4.78, 5) is 2.32. The van der Waals surface area contributed by atoms with Gasteiger partial charge in [-0.2, -0.15) is 0 Å². The van der Waals surface area contributed by atoms with Crippen molar-refractivity contribution in [2.45, 2.75) is 26.8 Å². The summed E-state index contributed by atoms with van der Waals surface area (Å²) in [7, 11) is 0. The Labute approximate surface area is 115 Å². The lowest BCUT2D eigenvalue weighted by atomic mass is 9.92. The smallest absolute Gasteiger partial charge is 0.169 e. The lowest BCUT2D eigenvalue weighted by Crippen LogP contribution is -2.47. The molecule has 1 aliphatic rings. The van der Waals surface area contributed by atoms with Crippen molar-refractivity contribution in [1.82, 2.24) is 10.2 Å². The van der Waals surface area contributed by atoms with Crippen LogP contribution in [0.4, 0.5) is 0 Å². The summed E-state index contributed by atoms with van der Waals surface area (Å²) in [6.45, 7) is 7.61. The minimum atomic E-state index is 0.741. The standard InChI is InChI=1S/C15H22N2S/c1-12-8-13(2)11-17(10-12)15(18)16-9-14-6-4-3-5-7-14/h3-7,12-13H,8-11H2,1-2H3,(H,16,18). The van der Waals surface area contributed by atoms with Crippen molar-refractivity contribution in [3.05, 3.63) is 35.9 Å². The molecule has 1 fully saturated rings. The summed E-state index contributed by atoms with van der Waals surface area (Å²) >= 11 is 5.49. The molecule has 18 heavy (non-hydrogen) atoms. The maximum atomic E-state index is 5.49. The Bertz CT molecular complexity index is 381. The van der Waals surface area contributed by atoms with Gasteiger partial charge in [0, 0.05) is 19.6 Å². The molecule has 0 bridgehead atoms. The predicted octanol–water partition coefficient (Wildman–Crippen LogP) is 3.04. The fourth-order valence-electron chi connectivity index (χ4n) is 2.71. The molecule has 98 valence electrons. The predicted molar refractivity (Wildman–Crippen MR) is 80.4 cm³/mol. The van der Waals surface area contributed by atoms with Crippen LogP contribution < -0.4 is 5.32 Å². The average Bonchev–Trinajstić information content (AvgIpc) is 2.36. The van der Waals surface area contributed by atoms with E-state index in [0.29, 0.717) is 0 Å². The van der Waals surface area contributed by atoms with Crippen LogP contribution in [0.25, 0.3) is 0 Å². The zero-order chi connectivity index (χ0) is 13.0. The molecule has 2 rings (SSSR count). The maximum Gasteiger partial charge on any atom is 0.169 e. The Balaban J connectivity index is 1.84. The Morgan fingerprint density at radius 2 is 1.83 bits per heavy atom. The molecule has 0 radical (unpaired) electrons. The Morgan fingerprint density at radius 3 is 2.44 bits per heavy atom. The van der Waals surface area contributed by atoms with Crippen LogP contribution in [0.3, 0.4) is 0 Å². The number of rotatable bonds is 2. The number of thiocarbonyl (C=S) groups is 1. The Kier molecular flexibility index (Phi) is 4.59. The van der Waals surface area contributed by atoms with Crippen molar-refractivity contribution in [3.8, 4) is 0 Å². The number of likely N-dealkylation sites (tertiary alicyclic amines) is 1. The largest absolute Gasteiger partial charge is 0.358 e. The summed E-state index contributed by atoms with van der Waals surface area (Å²) < 4.78 is 0. The van der Waals surface area contributed by atoms with Crippen LogP contribution in [0.2, 0.25) is 0 Å². The van der Waals surface area contributed by atoms with Crippen molar-refractivity contribution in [3.63, 3.8) is 0 Å². The van der Waals surface area contributed by atoms with Crippen LogP contribution in [0, 0.1) is 11.8 Å². The van der Waals surface area contributed by atoms with E-state index in [2.05, 4.69) is 48.3 Å². The van der Waals surface area contributed by atoms with Crippen LogP contribution in [-0.4, -0.2) is 23.1 Å². The van der Waals surface area contributed by atoms with Gasteiger partial charge in [-0.1, -0.05) is 44.2 Å². The second kappa shape index (κ2) is 6.19. The summed E-state index contributed by atoms with van der Waals surface area (Å²) in [5, 5.41) is 4.27. The van der Waals surface area contributed by atoms with E-state index in [-0.39, 0.29) is 0 Å². The Hall–Kier alpha value is -1.09. The average molecular weight is 262 g/mol. The SMILES string of the molecule is CC1CC(C)CN(C(=S)NCc2ccccc2)C1. The minimum absolute atomic E-state index is 0.741. The molecule has 1 N–H and O–H groups in total. The number of nitrogens with one attached hydrogen (secondary N) is 1. The lowest BCUT2D eigenvalue weighted by molar-refractivity contribution is 0.212. The highest BCUT2D eigenvalue weighted by atomic mass is 32.1. The number of nitrogens with zero attached hydrogens (tertiary/aromatic N) is 1. The lowest BCUT2D eigenvalue weighted by Gasteiger charge is -2.36. The first-order chi connectivity index (χ1) is 8.65. The van der Waals surface area contributed by atoms with E-state index in [1.807, 2.05) is 6.07 Å². The molecule has 2 unspecified atom stereocenters. The summed E-state index contributed by atoms with van der Waals surface area (Å²) in [6.07, 6.45) is 1.32. The van der Waals surface area contributed by atoms with Crippen molar-refractivity contribution in [2.24, 2.45) is 11.8 Å². The third-order valence-electron chi connectivity index (χ3n) is 3.44. The van der Waals surface area contributed by atoms with E-state index in [4.69, 9.17) is 12.2 Å². The third-order valence-corrected chi connectivity index (χ3v) is 3.85. The zero-order valence-corrected chi connectivity index (χ0v) is 12.0. The molecule has 0 spiro atoms. The fraction of sp³-hybridized carbons (Fsp3) is 0.533. The van der Waals surface area contributed by atoms with Gasteiger partial charge in [-0.3, -0.25) is 0 Å². The van der Waals surface area contributed by atoms with Gasteiger partial charge in [0.25, 0.3) is 0 Å². The fourth-order valence-corrected chi connectivity index (χ4v) is 2.94. The molecule has 0 saturated carbocycles. The van der Waals surface area contributed by atoms with Crippen molar-refractivity contribution >= 4 is 17.3 Å². The molecule has 2 atom stereocenters. The highest BCUT2D eigenvalue weighted by Crippen LogP contribution is 2.20. The number of hydrogen-bond acceptors (Lipinski definition) is 1. The molecule has 0 amide bonds. The van der Waals surface area contributed by atoms with Crippen LogP contribution in [0.15, 0.2) is 30.3 Å². The normalized spacial score (nSPS) is 23.8. The van der Waals surface area contributed by atoms with E-state index in [9.17, 15) is 0 Å².